The molecule has 4 N–H and O–H groups in total. The van der Waals surface area contributed by atoms with E-state index in [-0.39, 0.29) is 6.04 Å². The molecule has 6 heteroatoms. The van der Waals surface area contributed by atoms with E-state index in [4.69, 9.17) is 5.73 Å². The van der Waals surface area contributed by atoms with Crippen LogP contribution >= 0.6 is 0 Å². The van der Waals surface area contributed by atoms with Gasteiger partial charge in [0.1, 0.15) is 17.7 Å². The molecule has 18 heavy (non-hydrogen) atoms. The van der Waals surface area contributed by atoms with Crippen molar-refractivity contribution in [2.45, 2.75) is 25.2 Å². The Bertz CT molecular complexity index is 634. The molecule has 2 aromatic rings. The molecule has 3 rings (SSSR count). The highest BCUT2D eigenvalue weighted by molar-refractivity contribution is 5.87. The van der Waals surface area contributed by atoms with Crippen molar-refractivity contribution in [3.63, 3.8) is 0 Å². The summed E-state index contributed by atoms with van der Waals surface area (Å²) >= 11 is 0. The Balaban J connectivity index is 2.19. The number of pyridine rings is 1. The number of fused-ring (bicyclic) bond motifs is 1. The second kappa shape index (κ2) is 3.79. The van der Waals surface area contributed by atoms with E-state index >= 15 is 0 Å². The number of hydrogen-bond acceptors (Lipinski definition) is 5. The predicted molar refractivity (Wildman–Crippen MR) is 66.9 cm³/mol. The Morgan fingerprint density at radius 2 is 2.06 bits per heavy atom. The van der Waals surface area contributed by atoms with Crippen LogP contribution in [-0.4, -0.2) is 37.0 Å². The monoisotopic (exact) mass is 246 g/mol. The summed E-state index contributed by atoms with van der Waals surface area (Å²) in [5.74, 6) is 0.367. The quantitative estimate of drug-likeness (QED) is 0.622. The zero-order chi connectivity index (χ0) is 12.9. The molecule has 2 heterocycles. The van der Waals surface area contributed by atoms with Crippen LogP contribution in [0.3, 0.4) is 0 Å². The van der Waals surface area contributed by atoms with E-state index in [0.29, 0.717) is 11.3 Å². The fourth-order valence-electron chi connectivity index (χ4n) is 2.37. The average molecular weight is 246 g/mol. The zero-order valence-corrected chi connectivity index (χ0v) is 9.85. The standard InChI is InChI=1S/C12H14N4O2/c1-6-4-14-12(13)9-10(6)16(5-15-9)7-2-3-8(17)11(7)18/h2-5,7-8,11,17-18H,1H3,(H2,13,14)/t7-,8-,11+/m1/s1. The summed E-state index contributed by atoms with van der Waals surface area (Å²) in [5, 5.41) is 19.5. The number of hydrogen-bond donors (Lipinski definition) is 3. The number of imidazole rings is 1. The maximum atomic E-state index is 9.94. The van der Waals surface area contributed by atoms with Gasteiger partial charge in [-0.25, -0.2) is 9.97 Å². The first kappa shape index (κ1) is 11.2. The van der Waals surface area contributed by atoms with Crippen molar-refractivity contribution in [2.24, 2.45) is 0 Å². The molecule has 2 aromatic heterocycles. The smallest absolute Gasteiger partial charge is 0.151 e. The zero-order valence-electron chi connectivity index (χ0n) is 9.85. The van der Waals surface area contributed by atoms with Gasteiger partial charge in [0.05, 0.1) is 17.9 Å². The summed E-state index contributed by atoms with van der Waals surface area (Å²) in [5.41, 5.74) is 8.17. The minimum absolute atomic E-state index is 0.328. The first-order valence-electron chi connectivity index (χ1n) is 5.71. The third-order valence-electron chi connectivity index (χ3n) is 3.33. The van der Waals surface area contributed by atoms with Crippen LogP contribution in [0.1, 0.15) is 11.6 Å². The van der Waals surface area contributed by atoms with E-state index in [2.05, 4.69) is 9.97 Å². The number of anilines is 1. The molecule has 0 fully saturated rings. The van der Waals surface area contributed by atoms with Crippen LogP contribution < -0.4 is 5.73 Å². The van der Waals surface area contributed by atoms with E-state index in [0.717, 1.165) is 11.1 Å². The minimum Gasteiger partial charge on any atom is -0.388 e. The maximum absolute atomic E-state index is 9.94. The van der Waals surface area contributed by atoms with Gasteiger partial charge in [0.15, 0.2) is 5.82 Å². The Labute approximate surface area is 103 Å². The van der Waals surface area contributed by atoms with Crippen LogP contribution in [0.5, 0.6) is 0 Å². The van der Waals surface area contributed by atoms with Gasteiger partial charge >= 0.3 is 0 Å². The maximum Gasteiger partial charge on any atom is 0.151 e. The fourth-order valence-corrected chi connectivity index (χ4v) is 2.37. The lowest BCUT2D eigenvalue weighted by Gasteiger charge is -2.19. The number of aliphatic hydroxyl groups excluding tert-OH is 2. The number of aryl methyl sites for hydroxylation is 1. The molecule has 0 aromatic carbocycles. The highest BCUT2D eigenvalue weighted by Crippen LogP contribution is 2.30. The largest absolute Gasteiger partial charge is 0.388 e. The van der Waals surface area contributed by atoms with Gasteiger partial charge in [-0.05, 0) is 12.5 Å². The number of nitrogens with two attached hydrogens (primary N) is 1. The van der Waals surface area contributed by atoms with E-state index < -0.39 is 12.2 Å². The molecule has 6 nitrogen and oxygen atoms in total. The predicted octanol–water partition coefficient (Wildman–Crippen LogP) is 0.155. The minimum atomic E-state index is -0.865. The molecule has 1 aliphatic carbocycles. The number of rotatable bonds is 1. The van der Waals surface area contributed by atoms with Crippen LogP contribution in [-0.2, 0) is 0 Å². The summed E-state index contributed by atoms with van der Waals surface area (Å²) in [6.07, 6.45) is 4.94. The molecule has 0 bridgehead atoms. The molecular formula is C12H14N4O2. The summed E-state index contributed by atoms with van der Waals surface area (Å²) in [4.78, 5) is 8.28. The topological polar surface area (TPSA) is 97.2 Å². The number of aromatic nitrogens is 3. The van der Waals surface area contributed by atoms with Gasteiger partial charge in [0.2, 0.25) is 0 Å². The Kier molecular flexibility index (Phi) is 2.36. The van der Waals surface area contributed by atoms with Crippen molar-refractivity contribution in [3.05, 3.63) is 30.2 Å². The first-order valence-corrected chi connectivity index (χ1v) is 5.71. The van der Waals surface area contributed by atoms with Crippen LogP contribution in [0.25, 0.3) is 11.0 Å². The van der Waals surface area contributed by atoms with Gasteiger partial charge in [0.25, 0.3) is 0 Å². The Morgan fingerprint density at radius 3 is 2.72 bits per heavy atom. The van der Waals surface area contributed by atoms with Gasteiger partial charge in [-0.2, -0.15) is 0 Å². The van der Waals surface area contributed by atoms with Crippen molar-refractivity contribution >= 4 is 16.9 Å². The molecule has 0 aliphatic heterocycles. The molecule has 0 unspecified atom stereocenters. The van der Waals surface area contributed by atoms with Gasteiger partial charge in [-0.1, -0.05) is 12.2 Å². The van der Waals surface area contributed by atoms with E-state index in [1.54, 1.807) is 24.7 Å². The lowest BCUT2D eigenvalue weighted by molar-refractivity contribution is 0.0376. The highest BCUT2D eigenvalue weighted by atomic mass is 16.3. The van der Waals surface area contributed by atoms with Crippen LogP contribution in [0.15, 0.2) is 24.7 Å². The van der Waals surface area contributed by atoms with Crippen LogP contribution in [0.4, 0.5) is 5.82 Å². The number of nitrogens with zero attached hydrogens (tertiary/aromatic N) is 3. The number of aliphatic hydroxyl groups is 2. The Morgan fingerprint density at radius 1 is 1.28 bits per heavy atom. The van der Waals surface area contributed by atoms with E-state index in [9.17, 15) is 10.2 Å². The molecule has 0 saturated heterocycles. The normalized spacial score (nSPS) is 27.2. The number of nitrogen functional groups attached to an aromatic ring is 1. The van der Waals surface area contributed by atoms with Gasteiger partial charge in [-0.3, -0.25) is 0 Å². The van der Waals surface area contributed by atoms with Crippen LogP contribution in [0.2, 0.25) is 0 Å². The van der Waals surface area contributed by atoms with Crippen molar-refractivity contribution in [3.8, 4) is 0 Å². The molecule has 0 saturated carbocycles. The SMILES string of the molecule is Cc1cnc(N)c2ncn([C@@H]3C=C[C@@H](O)[C@H]3O)c12. The molecule has 94 valence electrons. The molecule has 1 aliphatic rings. The van der Waals surface area contributed by atoms with Crippen molar-refractivity contribution < 1.29 is 10.2 Å². The van der Waals surface area contributed by atoms with Gasteiger partial charge in [0, 0.05) is 6.20 Å². The summed E-state index contributed by atoms with van der Waals surface area (Å²) in [6, 6.07) is -0.328. The van der Waals surface area contributed by atoms with E-state index in [1.165, 1.54) is 0 Å². The van der Waals surface area contributed by atoms with Crippen LogP contribution in [0, 0.1) is 6.92 Å². The summed E-state index contributed by atoms with van der Waals surface area (Å²) < 4.78 is 1.82. The third kappa shape index (κ3) is 1.43. The Hall–Kier alpha value is -1.92. The molecule has 3 atom stereocenters. The second-order valence-corrected chi connectivity index (χ2v) is 4.53. The van der Waals surface area contributed by atoms with Crippen molar-refractivity contribution in [2.75, 3.05) is 5.73 Å². The van der Waals surface area contributed by atoms with E-state index in [1.807, 2.05) is 11.5 Å². The lowest BCUT2D eigenvalue weighted by atomic mass is 10.1. The molecule has 0 radical (unpaired) electrons. The van der Waals surface area contributed by atoms with Gasteiger partial charge in [-0.15, -0.1) is 0 Å². The third-order valence-corrected chi connectivity index (χ3v) is 3.33. The average Bonchev–Trinajstić information content (AvgIpc) is 2.91. The van der Waals surface area contributed by atoms with Gasteiger partial charge < -0.3 is 20.5 Å². The highest BCUT2D eigenvalue weighted by Gasteiger charge is 2.31. The lowest BCUT2D eigenvalue weighted by Crippen LogP contribution is -2.27. The van der Waals surface area contributed by atoms with Crippen molar-refractivity contribution in [1.82, 2.24) is 14.5 Å². The molecular weight excluding hydrogens is 232 g/mol. The second-order valence-electron chi connectivity index (χ2n) is 4.53. The summed E-state index contributed by atoms with van der Waals surface area (Å²) in [7, 11) is 0. The first-order chi connectivity index (χ1) is 8.59. The van der Waals surface area contributed by atoms with Crippen molar-refractivity contribution in [1.29, 1.82) is 0 Å². The molecule has 0 spiro atoms. The fraction of sp³-hybridized carbons (Fsp3) is 0.333. The summed E-state index contributed by atoms with van der Waals surface area (Å²) in [6.45, 7) is 1.91. The molecule has 0 amide bonds.